The van der Waals surface area contributed by atoms with Gasteiger partial charge in [0.15, 0.2) is 0 Å². The van der Waals surface area contributed by atoms with E-state index in [0.717, 1.165) is 0 Å². The maximum atomic E-state index is 12.3. The molecule has 0 saturated carbocycles. The van der Waals surface area contributed by atoms with E-state index < -0.39 is 10.8 Å². The monoisotopic (exact) mass is 350 g/mol. The highest BCUT2D eigenvalue weighted by atomic mass is 35.5. The molecule has 0 fully saturated rings. The van der Waals surface area contributed by atoms with Gasteiger partial charge in [0, 0.05) is 11.1 Å². The Kier molecular flexibility index (Phi) is 5.59. The largest absolute Gasteiger partial charge is 0.496 e. The zero-order chi connectivity index (χ0) is 17.7. The van der Waals surface area contributed by atoms with Crippen molar-refractivity contribution in [2.45, 2.75) is 6.54 Å². The number of nitrogens with one attached hydrogen (secondary N) is 1. The molecule has 0 radical (unpaired) electrons. The van der Waals surface area contributed by atoms with E-state index in [2.05, 4.69) is 5.32 Å². The van der Waals surface area contributed by atoms with E-state index in [9.17, 15) is 14.9 Å². The fraction of sp³-hybridized carbons (Fsp3) is 0.188. The Bertz CT molecular complexity index is 757. The average Bonchev–Trinajstić information content (AvgIpc) is 2.58. The zero-order valence-corrected chi connectivity index (χ0v) is 13.8. The summed E-state index contributed by atoms with van der Waals surface area (Å²) in [6.45, 7) is 0.0791. The average molecular weight is 351 g/mol. The summed E-state index contributed by atoms with van der Waals surface area (Å²) >= 11 is 5.84. The molecule has 2 aromatic rings. The van der Waals surface area contributed by atoms with E-state index in [4.69, 9.17) is 21.1 Å². The lowest BCUT2D eigenvalue weighted by atomic mass is 10.1. The molecule has 0 spiro atoms. The van der Waals surface area contributed by atoms with Crippen molar-refractivity contribution < 1.29 is 19.2 Å². The molecule has 7 nitrogen and oxygen atoms in total. The molecule has 24 heavy (non-hydrogen) atoms. The Morgan fingerprint density at radius 2 is 1.83 bits per heavy atom. The molecule has 126 valence electrons. The van der Waals surface area contributed by atoms with Gasteiger partial charge in [0.05, 0.1) is 31.3 Å². The Morgan fingerprint density at radius 1 is 1.21 bits per heavy atom. The van der Waals surface area contributed by atoms with E-state index in [1.54, 1.807) is 18.2 Å². The summed E-state index contributed by atoms with van der Waals surface area (Å²) < 4.78 is 10.5. The molecule has 1 amide bonds. The molecule has 0 aliphatic rings. The minimum absolute atomic E-state index is 0.0791. The first kappa shape index (κ1) is 17.6. The highest BCUT2D eigenvalue weighted by molar-refractivity contribution is 6.31. The van der Waals surface area contributed by atoms with Crippen LogP contribution in [0, 0.1) is 10.1 Å². The second kappa shape index (κ2) is 7.65. The summed E-state index contributed by atoms with van der Waals surface area (Å²) in [5, 5.41) is 13.9. The van der Waals surface area contributed by atoms with Crippen LogP contribution in [0.15, 0.2) is 36.4 Å². The van der Waals surface area contributed by atoms with Crippen LogP contribution in [-0.4, -0.2) is 25.1 Å². The summed E-state index contributed by atoms with van der Waals surface area (Å²) in [6.07, 6.45) is 0. The molecule has 0 aliphatic carbocycles. The number of amides is 1. The summed E-state index contributed by atoms with van der Waals surface area (Å²) in [6, 6.07) is 9.03. The van der Waals surface area contributed by atoms with Crippen LogP contribution in [0.2, 0.25) is 5.02 Å². The number of rotatable bonds is 6. The van der Waals surface area contributed by atoms with Crippen molar-refractivity contribution in [1.82, 2.24) is 5.32 Å². The molecule has 0 atom stereocenters. The van der Waals surface area contributed by atoms with Crippen molar-refractivity contribution in [3.63, 3.8) is 0 Å². The van der Waals surface area contributed by atoms with E-state index in [-0.39, 0.29) is 22.8 Å². The lowest BCUT2D eigenvalue weighted by Crippen LogP contribution is -2.24. The predicted octanol–water partition coefficient (Wildman–Crippen LogP) is 3.20. The number of halogens is 1. The van der Waals surface area contributed by atoms with E-state index in [1.165, 1.54) is 32.4 Å². The van der Waals surface area contributed by atoms with Gasteiger partial charge in [0.2, 0.25) is 0 Å². The first-order valence-corrected chi connectivity index (χ1v) is 7.27. The number of hydrogen-bond donors (Lipinski definition) is 1. The second-order valence-corrected chi connectivity index (χ2v) is 5.18. The number of ether oxygens (including phenoxy) is 2. The van der Waals surface area contributed by atoms with E-state index in [1.807, 2.05) is 0 Å². The maximum absolute atomic E-state index is 12.3. The predicted molar refractivity (Wildman–Crippen MR) is 88.8 cm³/mol. The van der Waals surface area contributed by atoms with Gasteiger partial charge in [-0.2, -0.15) is 0 Å². The summed E-state index contributed by atoms with van der Waals surface area (Å²) in [7, 11) is 3.00. The van der Waals surface area contributed by atoms with Crippen LogP contribution >= 0.6 is 11.6 Å². The van der Waals surface area contributed by atoms with E-state index in [0.29, 0.717) is 17.1 Å². The van der Waals surface area contributed by atoms with Crippen LogP contribution in [-0.2, 0) is 6.54 Å². The van der Waals surface area contributed by atoms with E-state index >= 15 is 0 Å². The van der Waals surface area contributed by atoms with Crippen LogP contribution in [0.25, 0.3) is 0 Å². The first-order valence-electron chi connectivity index (χ1n) is 6.90. The lowest BCUT2D eigenvalue weighted by Gasteiger charge is -2.13. The smallest absolute Gasteiger partial charge is 0.282 e. The molecule has 2 aromatic carbocycles. The van der Waals surface area contributed by atoms with Gasteiger partial charge >= 0.3 is 0 Å². The third kappa shape index (κ3) is 3.75. The highest BCUT2D eigenvalue weighted by Crippen LogP contribution is 2.28. The Morgan fingerprint density at radius 3 is 2.38 bits per heavy atom. The molecule has 2 rings (SSSR count). The molecule has 8 heteroatoms. The van der Waals surface area contributed by atoms with Gasteiger partial charge in [-0.25, -0.2) is 0 Å². The van der Waals surface area contributed by atoms with Gasteiger partial charge < -0.3 is 14.8 Å². The van der Waals surface area contributed by atoms with Crippen molar-refractivity contribution in [2.75, 3.05) is 14.2 Å². The van der Waals surface area contributed by atoms with Crippen LogP contribution in [0.1, 0.15) is 15.9 Å². The Labute approximate surface area is 143 Å². The topological polar surface area (TPSA) is 90.7 Å². The van der Waals surface area contributed by atoms with Gasteiger partial charge in [-0.1, -0.05) is 17.7 Å². The fourth-order valence-electron chi connectivity index (χ4n) is 2.22. The third-order valence-electron chi connectivity index (χ3n) is 3.36. The minimum Gasteiger partial charge on any atom is -0.496 e. The van der Waals surface area contributed by atoms with Crippen LogP contribution in [0.3, 0.4) is 0 Å². The lowest BCUT2D eigenvalue weighted by molar-refractivity contribution is -0.385. The van der Waals surface area contributed by atoms with Crippen LogP contribution < -0.4 is 14.8 Å². The molecular formula is C16H15ClN2O5. The minimum atomic E-state index is -0.630. The number of nitrogens with zero attached hydrogens (tertiary/aromatic N) is 1. The van der Waals surface area contributed by atoms with Crippen molar-refractivity contribution in [2.24, 2.45) is 0 Å². The fourth-order valence-corrected chi connectivity index (χ4v) is 2.39. The van der Waals surface area contributed by atoms with Crippen LogP contribution in [0.5, 0.6) is 11.5 Å². The molecule has 0 aromatic heterocycles. The molecule has 0 unspecified atom stereocenters. The molecule has 0 aliphatic heterocycles. The van der Waals surface area contributed by atoms with Gasteiger partial charge in [-0.15, -0.1) is 0 Å². The number of benzene rings is 2. The SMILES string of the molecule is COc1cccc(OC)c1CNC(=O)c1cc(Cl)ccc1[N+](=O)[O-]. The Balaban J connectivity index is 2.27. The standard InChI is InChI=1S/C16H15ClN2O5/c1-23-14-4-3-5-15(24-2)12(14)9-18-16(20)11-8-10(17)6-7-13(11)19(21)22/h3-8H,9H2,1-2H3,(H,18,20). The number of carbonyl (C=O) groups excluding carboxylic acids is 1. The van der Waals surface area contributed by atoms with Gasteiger partial charge in [0.25, 0.3) is 11.6 Å². The molecule has 0 bridgehead atoms. The molecule has 1 N–H and O–H groups in total. The molecular weight excluding hydrogens is 336 g/mol. The number of methoxy groups -OCH3 is 2. The summed E-state index contributed by atoms with van der Waals surface area (Å²) in [5.41, 5.74) is 0.200. The number of nitro groups is 1. The van der Waals surface area contributed by atoms with Crippen molar-refractivity contribution in [3.05, 3.63) is 62.7 Å². The zero-order valence-electron chi connectivity index (χ0n) is 13.0. The van der Waals surface area contributed by atoms with Gasteiger partial charge in [-0.3, -0.25) is 14.9 Å². The summed E-state index contributed by atoms with van der Waals surface area (Å²) in [4.78, 5) is 22.8. The number of nitro benzene ring substituents is 1. The van der Waals surface area contributed by atoms with Gasteiger partial charge in [0.1, 0.15) is 17.1 Å². The van der Waals surface area contributed by atoms with Crippen molar-refractivity contribution in [3.8, 4) is 11.5 Å². The normalized spacial score (nSPS) is 10.1. The Hall–Kier alpha value is -2.80. The van der Waals surface area contributed by atoms with Crippen molar-refractivity contribution in [1.29, 1.82) is 0 Å². The quantitative estimate of drug-likeness (QED) is 0.638. The third-order valence-corrected chi connectivity index (χ3v) is 3.59. The maximum Gasteiger partial charge on any atom is 0.282 e. The summed E-state index contributed by atoms with van der Waals surface area (Å²) in [5.74, 6) is 0.461. The molecule has 0 heterocycles. The second-order valence-electron chi connectivity index (χ2n) is 4.74. The molecule has 0 saturated heterocycles. The highest BCUT2D eigenvalue weighted by Gasteiger charge is 2.21. The number of hydrogen-bond acceptors (Lipinski definition) is 5. The number of carbonyl (C=O) groups is 1. The van der Waals surface area contributed by atoms with Gasteiger partial charge in [-0.05, 0) is 24.3 Å². The van der Waals surface area contributed by atoms with Crippen LogP contribution in [0.4, 0.5) is 5.69 Å². The first-order chi connectivity index (χ1) is 11.5. The van der Waals surface area contributed by atoms with Crippen molar-refractivity contribution >= 4 is 23.2 Å².